The smallest absolute Gasteiger partial charge is 0.109 e. The van der Waals surface area contributed by atoms with E-state index in [-0.39, 0.29) is 0 Å². The number of imidazole rings is 1. The molecule has 112 valence electrons. The van der Waals surface area contributed by atoms with E-state index in [4.69, 9.17) is 0 Å². The van der Waals surface area contributed by atoms with Crippen LogP contribution in [0.4, 0.5) is 0 Å². The summed E-state index contributed by atoms with van der Waals surface area (Å²) in [6, 6.07) is 10.6. The molecule has 1 N–H and O–H groups in total. The molecule has 2 aromatic rings. The highest BCUT2D eigenvalue weighted by molar-refractivity contribution is 5.75. The predicted octanol–water partition coefficient (Wildman–Crippen LogP) is 3.27. The van der Waals surface area contributed by atoms with Crippen LogP contribution < -0.4 is 5.32 Å². The first-order valence-electron chi connectivity index (χ1n) is 7.74. The van der Waals surface area contributed by atoms with Crippen molar-refractivity contribution in [2.45, 2.75) is 52.1 Å². The molecule has 0 saturated heterocycles. The molecule has 0 bridgehead atoms. The van der Waals surface area contributed by atoms with Gasteiger partial charge in [-0.2, -0.15) is 5.26 Å². The molecular weight excluding hydrogens is 260 g/mol. The second-order valence-electron chi connectivity index (χ2n) is 5.60. The van der Waals surface area contributed by atoms with Crippen LogP contribution in [0.15, 0.2) is 24.3 Å². The van der Waals surface area contributed by atoms with E-state index in [0.29, 0.717) is 0 Å². The van der Waals surface area contributed by atoms with Crippen molar-refractivity contribution < 1.29 is 0 Å². The van der Waals surface area contributed by atoms with E-state index >= 15 is 0 Å². The van der Waals surface area contributed by atoms with Gasteiger partial charge in [-0.3, -0.25) is 5.32 Å². The molecule has 21 heavy (non-hydrogen) atoms. The Kier molecular flexibility index (Phi) is 4.98. The van der Waals surface area contributed by atoms with E-state index in [2.05, 4.69) is 46.1 Å². The minimum Gasteiger partial charge on any atom is -0.328 e. The second kappa shape index (κ2) is 6.73. The first-order chi connectivity index (χ1) is 10.1. The second-order valence-corrected chi connectivity index (χ2v) is 5.60. The van der Waals surface area contributed by atoms with Crippen LogP contribution in [-0.4, -0.2) is 21.6 Å². The van der Waals surface area contributed by atoms with Crippen molar-refractivity contribution >= 4 is 11.0 Å². The van der Waals surface area contributed by atoms with Gasteiger partial charge in [0, 0.05) is 13.0 Å². The standard InChI is InChI=1S/C17H24N4/c1-4-16-20-14-9-6-7-10-15(14)21(16)12-8-11-17(3,13-18)19-5-2/h6-7,9-10,19H,4-5,8,11-12H2,1-3H3. The van der Waals surface area contributed by atoms with Gasteiger partial charge in [0.05, 0.1) is 17.1 Å². The molecule has 0 radical (unpaired) electrons. The third kappa shape index (κ3) is 3.43. The zero-order valence-electron chi connectivity index (χ0n) is 13.2. The molecule has 0 aliphatic rings. The lowest BCUT2D eigenvalue weighted by molar-refractivity contribution is 0.403. The van der Waals surface area contributed by atoms with Gasteiger partial charge in [-0.25, -0.2) is 4.98 Å². The molecule has 1 aromatic heterocycles. The van der Waals surface area contributed by atoms with Crippen molar-refractivity contribution in [3.8, 4) is 6.07 Å². The Balaban J connectivity index is 2.12. The summed E-state index contributed by atoms with van der Waals surface area (Å²) in [6.45, 7) is 7.87. The number of nitrogens with zero attached hydrogens (tertiary/aromatic N) is 3. The van der Waals surface area contributed by atoms with E-state index in [1.54, 1.807) is 0 Å². The summed E-state index contributed by atoms with van der Waals surface area (Å²) in [7, 11) is 0. The molecule has 0 aliphatic carbocycles. The lowest BCUT2D eigenvalue weighted by Crippen LogP contribution is -2.40. The average molecular weight is 284 g/mol. The van der Waals surface area contributed by atoms with Gasteiger partial charge in [0.1, 0.15) is 11.4 Å². The number of aryl methyl sites for hydroxylation is 2. The van der Waals surface area contributed by atoms with Gasteiger partial charge < -0.3 is 4.57 Å². The minimum atomic E-state index is -0.433. The van der Waals surface area contributed by atoms with Crippen LogP contribution >= 0.6 is 0 Å². The SMILES string of the molecule is CCNC(C)(C#N)CCCn1c(CC)nc2ccccc21. The summed E-state index contributed by atoms with van der Waals surface area (Å²) in [5, 5.41) is 12.6. The Bertz CT molecular complexity index is 638. The number of rotatable bonds is 7. The first-order valence-corrected chi connectivity index (χ1v) is 7.74. The summed E-state index contributed by atoms with van der Waals surface area (Å²) < 4.78 is 2.29. The number of nitrogens with one attached hydrogen (secondary N) is 1. The van der Waals surface area contributed by atoms with Crippen LogP contribution in [-0.2, 0) is 13.0 Å². The van der Waals surface area contributed by atoms with Crippen molar-refractivity contribution in [3.05, 3.63) is 30.1 Å². The molecule has 0 fully saturated rings. The molecule has 2 rings (SSSR count). The largest absolute Gasteiger partial charge is 0.328 e. The Labute approximate surface area is 126 Å². The number of aromatic nitrogens is 2. The Morgan fingerprint density at radius 3 is 2.76 bits per heavy atom. The van der Waals surface area contributed by atoms with Crippen LogP contribution in [0.25, 0.3) is 11.0 Å². The maximum Gasteiger partial charge on any atom is 0.109 e. The molecule has 1 unspecified atom stereocenters. The van der Waals surface area contributed by atoms with Crippen LogP contribution in [0.5, 0.6) is 0 Å². The molecule has 4 heteroatoms. The highest BCUT2D eigenvalue weighted by atomic mass is 15.1. The average Bonchev–Trinajstić information content (AvgIpc) is 2.86. The van der Waals surface area contributed by atoms with Gasteiger partial charge in [0.25, 0.3) is 0 Å². The Hall–Kier alpha value is -1.86. The van der Waals surface area contributed by atoms with Gasteiger partial charge in [-0.1, -0.05) is 26.0 Å². The van der Waals surface area contributed by atoms with Crippen molar-refractivity contribution in [1.29, 1.82) is 5.26 Å². The fraction of sp³-hybridized carbons (Fsp3) is 0.529. The highest BCUT2D eigenvalue weighted by Gasteiger charge is 2.21. The Morgan fingerprint density at radius 2 is 2.10 bits per heavy atom. The lowest BCUT2D eigenvalue weighted by atomic mass is 9.97. The third-order valence-corrected chi connectivity index (χ3v) is 3.92. The van der Waals surface area contributed by atoms with E-state index in [1.165, 1.54) is 5.52 Å². The first kappa shape index (κ1) is 15.5. The van der Waals surface area contributed by atoms with E-state index in [1.807, 2.05) is 19.9 Å². The molecule has 1 aromatic carbocycles. The van der Waals surface area contributed by atoms with Crippen molar-refractivity contribution in [2.24, 2.45) is 0 Å². The van der Waals surface area contributed by atoms with E-state index in [0.717, 1.165) is 43.7 Å². The zero-order chi connectivity index (χ0) is 15.3. The minimum absolute atomic E-state index is 0.433. The molecule has 0 aliphatic heterocycles. The number of nitriles is 1. The third-order valence-electron chi connectivity index (χ3n) is 3.92. The maximum absolute atomic E-state index is 9.31. The van der Waals surface area contributed by atoms with Gasteiger partial charge in [0.15, 0.2) is 0 Å². The van der Waals surface area contributed by atoms with Gasteiger partial charge in [-0.15, -0.1) is 0 Å². The quantitative estimate of drug-likeness (QED) is 0.849. The van der Waals surface area contributed by atoms with Crippen LogP contribution in [0.2, 0.25) is 0 Å². The predicted molar refractivity (Wildman–Crippen MR) is 86.0 cm³/mol. The summed E-state index contributed by atoms with van der Waals surface area (Å²) in [4.78, 5) is 4.69. The molecule has 4 nitrogen and oxygen atoms in total. The van der Waals surface area contributed by atoms with E-state index in [9.17, 15) is 5.26 Å². The van der Waals surface area contributed by atoms with Crippen molar-refractivity contribution in [3.63, 3.8) is 0 Å². The summed E-state index contributed by atoms with van der Waals surface area (Å²) in [6.07, 6.45) is 2.73. The molecule has 0 amide bonds. The molecular formula is C17H24N4. The number of fused-ring (bicyclic) bond motifs is 1. The van der Waals surface area contributed by atoms with Crippen LogP contribution in [0.3, 0.4) is 0 Å². The summed E-state index contributed by atoms with van der Waals surface area (Å²) in [5.74, 6) is 1.12. The van der Waals surface area contributed by atoms with Crippen molar-refractivity contribution in [2.75, 3.05) is 6.54 Å². The summed E-state index contributed by atoms with van der Waals surface area (Å²) in [5.41, 5.74) is 1.82. The number of para-hydroxylation sites is 2. The topological polar surface area (TPSA) is 53.6 Å². The number of hydrogen-bond donors (Lipinski definition) is 1. The van der Waals surface area contributed by atoms with Crippen LogP contribution in [0.1, 0.15) is 39.4 Å². The molecule has 0 saturated carbocycles. The molecule has 1 atom stereocenters. The van der Waals surface area contributed by atoms with Gasteiger partial charge in [-0.05, 0) is 38.4 Å². The summed E-state index contributed by atoms with van der Waals surface area (Å²) >= 11 is 0. The number of benzene rings is 1. The highest BCUT2D eigenvalue weighted by Crippen LogP contribution is 2.19. The number of hydrogen-bond acceptors (Lipinski definition) is 3. The fourth-order valence-electron chi connectivity index (χ4n) is 2.81. The van der Waals surface area contributed by atoms with Crippen LogP contribution in [0, 0.1) is 11.3 Å². The lowest BCUT2D eigenvalue weighted by Gasteiger charge is -2.22. The van der Waals surface area contributed by atoms with Gasteiger partial charge >= 0.3 is 0 Å². The molecule has 0 spiro atoms. The van der Waals surface area contributed by atoms with Crippen molar-refractivity contribution in [1.82, 2.24) is 14.9 Å². The fourth-order valence-corrected chi connectivity index (χ4v) is 2.81. The van der Waals surface area contributed by atoms with E-state index < -0.39 is 5.54 Å². The molecule has 1 heterocycles. The zero-order valence-corrected chi connectivity index (χ0v) is 13.2. The normalized spacial score (nSPS) is 14.0. The van der Waals surface area contributed by atoms with Gasteiger partial charge in [0.2, 0.25) is 0 Å². The maximum atomic E-state index is 9.31. The monoisotopic (exact) mass is 284 g/mol. The Morgan fingerprint density at radius 1 is 1.33 bits per heavy atom.